The summed E-state index contributed by atoms with van der Waals surface area (Å²) in [4.78, 5) is 14.0. The molecule has 1 fully saturated rings. The highest BCUT2D eigenvalue weighted by atomic mass is 16.1. The van der Waals surface area contributed by atoms with Crippen molar-refractivity contribution in [3.8, 4) is 12.0 Å². The van der Waals surface area contributed by atoms with E-state index < -0.39 is 0 Å². The van der Waals surface area contributed by atoms with Crippen molar-refractivity contribution in [2.45, 2.75) is 33.1 Å². The molecule has 0 N–H and O–H groups in total. The van der Waals surface area contributed by atoms with Crippen LogP contribution in [0.5, 0.6) is 0 Å². The summed E-state index contributed by atoms with van der Waals surface area (Å²) in [6.07, 6.45) is 3.66. The van der Waals surface area contributed by atoms with Gasteiger partial charge in [0, 0.05) is 24.7 Å². The van der Waals surface area contributed by atoms with Gasteiger partial charge in [0.2, 0.25) is 5.78 Å². The summed E-state index contributed by atoms with van der Waals surface area (Å²) >= 11 is 0. The molecule has 0 bridgehead atoms. The zero-order valence-electron chi connectivity index (χ0n) is 11.1. The molecule has 2 rings (SSSR count). The van der Waals surface area contributed by atoms with Gasteiger partial charge in [-0.15, -0.1) is 0 Å². The van der Waals surface area contributed by atoms with Gasteiger partial charge >= 0.3 is 0 Å². The molecular formula is C16H19NO. The van der Waals surface area contributed by atoms with Crippen LogP contribution in [0.4, 0.5) is 0 Å². The van der Waals surface area contributed by atoms with Crippen LogP contribution in [0.1, 0.15) is 40.7 Å². The second-order valence-electron chi connectivity index (χ2n) is 4.91. The van der Waals surface area contributed by atoms with Gasteiger partial charge in [0.25, 0.3) is 0 Å². The van der Waals surface area contributed by atoms with Gasteiger partial charge < -0.3 is 4.90 Å². The molecule has 1 aromatic carbocycles. The maximum Gasteiger partial charge on any atom is 0.237 e. The largest absolute Gasteiger partial charge is 0.332 e. The smallest absolute Gasteiger partial charge is 0.237 e. The van der Waals surface area contributed by atoms with Crippen molar-refractivity contribution in [1.29, 1.82) is 0 Å². The lowest BCUT2D eigenvalue weighted by Crippen LogP contribution is -2.25. The Kier molecular flexibility index (Phi) is 4.04. The van der Waals surface area contributed by atoms with Crippen LogP contribution < -0.4 is 0 Å². The highest BCUT2D eigenvalue weighted by Crippen LogP contribution is 2.10. The van der Waals surface area contributed by atoms with E-state index in [1.165, 1.54) is 24.8 Å². The molecule has 0 spiro atoms. The molecule has 0 aromatic heterocycles. The fourth-order valence-corrected chi connectivity index (χ4v) is 2.09. The number of benzene rings is 1. The lowest BCUT2D eigenvalue weighted by molar-refractivity contribution is 0.105. The number of nitrogens with zero attached hydrogens (tertiary/aromatic N) is 1. The highest BCUT2D eigenvalue weighted by Gasteiger charge is 2.07. The minimum atomic E-state index is -0.0799. The van der Waals surface area contributed by atoms with Gasteiger partial charge in [-0.1, -0.05) is 12.1 Å². The van der Waals surface area contributed by atoms with E-state index in [-0.39, 0.29) is 5.78 Å². The SMILES string of the molecule is Cc1ccc(C(=O)C#CN2CCCCC2)cc1C. The van der Waals surface area contributed by atoms with Crippen LogP contribution >= 0.6 is 0 Å². The van der Waals surface area contributed by atoms with Crippen LogP contribution in [0.2, 0.25) is 0 Å². The van der Waals surface area contributed by atoms with Gasteiger partial charge in [0.1, 0.15) is 0 Å². The molecular weight excluding hydrogens is 222 g/mol. The number of ketones is 1. The number of Topliss-reactive ketones (excluding diaryl/α,β-unsaturated/α-hetero) is 1. The first-order chi connectivity index (χ1) is 8.66. The lowest BCUT2D eigenvalue weighted by atomic mass is 10.0. The fraction of sp³-hybridized carbons (Fsp3) is 0.438. The zero-order chi connectivity index (χ0) is 13.0. The van der Waals surface area contributed by atoms with E-state index in [0.29, 0.717) is 5.56 Å². The Morgan fingerprint density at radius 3 is 2.50 bits per heavy atom. The number of carbonyl (C=O) groups is 1. The molecule has 94 valence electrons. The first-order valence-electron chi connectivity index (χ1n) is 6.55. The third kappa shape index (κ3) is 3.13. The zero-order valence-corrected chi connectivity index (χ0v) is 11.1. The molecule has 2 heteroatoms. The molecule has 0 saturated carbocycles. The Labute approximate surface area is 109 Å². The standard InChI is InChI=1S/C16H19NO/c1-13-6-7-15(12-14(13)2)16(18)8-11-17-9-4-3-5-10-17/h6-7,12H,3-5,9-10H2,1-2H3. The molecule has 0 unspecified atom stereocenters. The molecule has 1 aliphatic heterocycles. The topological polar surface area (TPSA) is 20.3 Å². The second kappa shape index (κ2) is 5.73. The molecule has 0 aliphatic carbocycles. The predicted octanol–water partition coefficient (Wildman–Crippen LogP) is 2.93. The average Bonchev–Trinajstić information content (AvgIpc) is 2.40. The maximum absolute atomic E-state index is 12.0. The van der Waals surface area contributed by atoms with E-state index in [2.05, 4.69) is 16.9 Å². The van der Waals surface area contributed by atoms with Crippen molar-refractivity contribution >= 4 is 5.78 Å². The number of hydrogen-bond acceptors (Lipinski definition) is 2. The molecule has 1 saturated heterocycles. The summed E-state index contributed by atoms with van der Waals surface area (Å²) in [5.74, 6) is 2.67. The Morgan fingerprint density at radius 1 is 1.11 bits per heavy atom. The van der Waals surface area contributed by atoms with Gasteiger partial charge in [0.05, 0.1) is 0 Å². The summed E-state index contributed by atoms with van der Waals surface area (Å²) in [7, 11) is 0. The Bertz CT molecular complexity index is 502. The van der Waals surface area contributed by atoms with Gasteiger partial charge in [-0.2, -0.15) is 0 Å². The van der Waals surface area contributed by atoms with Crippen molar-refractivity contribution in [2.75, 3.05) is 13.1 Å². The summed E-state index contributed by atoms with van der Waals surface area (Å²) in [6.45, 7) is 6.05. The van der Waals surface area contributed by atoms with Gasteiger partial charge in [0.15, 0.2) is 0 Å². The van der Waals surface area contributed by atoms with Crippen molar-refractivity contribution in [1.82, 2.24) is 4.90 Å². The molecule has 0 radical (unpaired) electrons. The summed E-state index contributed by atoms with van der Waals surface area (Å²) in [6, 6.07) is 8.74. The Balaban J connectivity index is 2.07. The summed E-state index contributed by atoms with van der Waals surface area (Å²) < 4.78 is 0. The van der Waals surface area contributed by atoms with Crippen molar-refractivity contribution in [3.05, 3.63) is 34.9 Å². The van der Waals surface area contributed by atoms with Crippen LogP contribution in [-0.4, -0.2) is 23.8 Å². The van der Waals surface area contributed by atoms with Crippen LogP contribution in [0.25, 0.3) is 0 Å². The van der Waals surface area contributed by atoms with Crippen LogP contribution in [0, 0.1) is 25.8 Å². The molecule has 1 aromatic rings. The van der Waals surface area contributed by atoms with E-state index >= 15 is 0 Å². The highest BCUT2D eigenvalue weighted by molar-refractivity contribution is 6.09. The Morgan fingerprint density at radius 2 is 1.83 bits per heavy atom. The van der Waals surface area contributed by atoms with E-state index in [0.717, 1.165) is 18.7 Å². The summed E-state index contributed by atoms with van der Waals surface area (Å²) in [5.41, 5.74) is 3.04. The molecule has 1 heterocycles. The number of piperidine rings is 1. The minimum Gasteiger partial charge on any atom is -0.332 e. The number of carbonyl (C=O) groups excluding carboxylic acids is 1. The normalized spacial score (nSPS) is 14.9. The fourth-order valence-electron chi connectivity index (χ4n) is 2.09. The van der Waals surface area contributed by atoms with Crippen LogP contribution in [0.3, 0.4) is 0 Å². The first kappa shape index (κ1) is 12.7. The number of likely N-dealkylation sites (tertiary alicyclic amines) is 1. The van der Waals surface area contributed by atoms with E-state index in [1.54, 1.807) is 0 Å². The van der Waals surface area contributed by atoms with Crippen molar-refractivity contribution < 1.29 is 4.79 Å². The molecule has 0 amide bonds. The van der Waals surface area contributed by atoms with Crippen molar-refractivity contribution in [3.63, 3.8) is 0 Å². The van der Waals surface area contributed by atoms with E-state index in [1.807, 2.05) is 32.0 Å². The van der Waals surface area contributed by atoms with Gasteiger partial charge in [-0.25, -0.2) is 0 Å². The summed E-state index contributed by atoms with van der Waals surface area (Å²) in [5, 5.41) is 0. The number of aryl methyl sites for hydroxylation is 2. The van der Waals surface area contributed by atoms with Gasteiger partial charge in [-0.05, 0) is 56.2 Å². The molecule has 18 heavy (non-hydrogen) atoms. The lowest BCUT2D eigenvalue weighted by Gasteiger charge is -2.21. The molecule has 1 aliphatic rings. The second-order valence-corrected chi connectivity index (χ2v) is 4.91. The number of hydrogen-bond donors (Lipinski definition) is 0. The molecule has 2 nitrogen and oxygen atoms in total. The average molecular weight is 241 g/mol. The quantitative estimate of drug-likeness (QED) is 0.556. The maximum atomic E-state index is 12.0. The minimum absolute atomic E-state index is 0.0799. The predicted molar refractivity (Wildman–Crippen MR) is 73.4 cm³/mol. The van der Waals surface area contributed by atoms with Gasteiger partial charge in [-0.3, -0.25) is 4.79 Å². The van der Waals surface area contributed by atoms with Crippen LogP contribution in [-0.2, 0) is 0 Å². The Hall–Kier alpha value is -1.75. The van der Waals surface area contributed by atoms with Crippen molar-refractivity contribution in [2.24, 2.45) is 0 Å². The third-order valence-electron chi connectivity index (χ3n) is 3.45. The monoisotopic (exact) mass is 241 g/mol. The third-order valence-corrected chi connectivity index (χ3v) is 3.45. The first-order valence-corrected chi connectivity index (χ1v) is 6.55. The number of rotatable bonds is 1. The van der Waals surface area contributed by atoms with E-state index in [9.17, 15) is 4.79 Å². The van der Waals surface area contributed by atoms with E-state index in [4.69, 9.17) is 0 Å². The van der Waals surface area contributed by atoms with Crippen LogP contribution in [0.15, 0.2) is 18.2 Å². The molecule has 0 atom stereocenters.